The van der Waals surface area contributed by atoms with Gasteiger partial charge in [0.2, 0.25) is 0 Å². The molecule has 2 aromatic carbocycles. The average molecular weight is 339 g/mol. The molecule has 0 aliphatic carbocycles. The monoisotopic (exact) mass is 339 g/mol. The van der Waals surface area contributed by atoms with Gasteiger partial charge in [-0.05, 0) is 18.1 Å². The summed E-state index contributed by atoms with van der Waals surface area (Å²) in [5.41, 5.74) is 2.56. The summed E-state index contributed by atoms with van der Waals surface area (Å²) in [5, 5.41) is 0. The molecule has 1 atom stereocenters. The first kappa shape index (κ1) is 17.6. The van der Waals surface area contributed by atoms with Crippen LogP contribution in [0, 0.1) is 0 Å². The van der Waals surface area contributed by atoms with E-state index < -0.39 is 0 Å². The smallest absolute Gasteiger partial charge is 0.338 e. The third-order valence-corrected chi connectivity index (χ3v) is 4.63. The van der Waals surface area contributed by atoms with E-state index in [1.54, 1.807) is 0 Å². The predicted molar refractivity (Wildman–Crippen MR) is 101 cm³/mol. The quantitative estimate of drug-likeness (QED) is 0.600. The second-order valence-corrected chi connectivity index (χ2v) is 6.46. The van der Waals surface area contributed by atoms with E-state index in [-0.39, 0.29) is 12.0 Å². The maximum Gasteiger partial charge on any atom is 0.502 e. The highest BCUT2D eigenvalue weighted by molar-refractivity contribution is 5.77. The molecule has 0 radical (unpaired) electrons. The molecule has 1 unspecified atom stereocenters. The fraction of sp³-hybridized carbons (Fsp3) is 0.381. The summed E-state index contributed by atoms with van der Waals surface area (Å²) in [7, 11) is 0. The van der Waals surface area contributed by atoms with Crippen LogP contribution in [0.25, 0.3) is 0 Å². The molecule has 0 saturated carbocycles. The van der Waals surface area contributed by atoms with Gasteiger partial charge in [0.15, 0.2) is 12.6 Å². The van der Waals surface area contributed by atoms with Crippen molar-refractivity contribution in [2.75, 3.05) is 26.2 Å². The molecule has 1 N–H and O–H groups in total. The van der Waals surface area contributed by atoms with Crippen molar-refractivity contribution >= 4 is 5.97 Å². The zero-order chi connectivity index (χ0) is 17.5. The van der Waals surface area contributed by atoms with Gasteiger partial charge < -0.3 is 9.53 Å². The summed E-state index contributed by atoms with van der Waals surface area (Å²) in [5.74, 6) is 0.135. The third kappa shape index (κ3) is 4.91. The van der Waals surface area contributed by atoms with E-state index in [0.29, 0.717) is 6.61 Å². The lowest BCUT2D eigenvalue weighted by molar-refractivity contribution is 0.0751. The first-order valence-corrected chi connectivity index (χ1v) is 8.99. The van der Waals surface area contributed by atoms with Gasteiger partial charge in [0, 0.05) is 32.7 Å². The topological polar surface area (TPSA) is 37.1 Å². The Balaban J connectivity index is 1.68. The van der Waals surface area contributed by atoms with Crippen LogP contribution < -0.4 is 0 Å². The Morgan fingerprint density at radius 1 is 0.960 bits per heavy atom. The van der Waals surface area contributed by atoms with Crippen molar-refractivity contribution in [2.45, 2.75) is 26.1 Å². The van der Waals surface area contributed by atoms with Crippen molar-refractivity contribution in [3.8, 4) is 0 Å². The second-order valence-electron chi connectivity index (χ2n) is 6.46. The van der Waals surface area contributed by atoms with Crippen LogP contribution in [-0.2, 0) is 17.8 Å². The normalized spacial score (nSPS) is 18.8. The summed E-state index contributed by atoms with van der Waals surface area (Å²) in [4.78, 5) is 15.1. The zero-order valence-electron chi connectivity index (χ0n) is 14.8. The van der Waals surface area contributed by atoms with Gasteiger partial charge >= 0.3 is 5.97 Å². The number of ether oxygens (including phenoxy) is 1. The van der Waals surface area contributed by atoms with Gasteiger partial charge in [-0.1, -0.05) is 60.7 Å². The lowest BCUT2D eigenvalue weighted by atomic mass is 10.1. The van der Waals surface area contributed by atoms with Crippen LogP contribution in [0.15, 0.2) is 60.7 Å². The van der Waals surface area contributed by atoms with Crippen molar-refractivity contribution in [2.24, 2.45) is 0 Å². The van der Waals surface area contributed by atoms with Crippen LogP contribution in [0.5, 0.6) is 0 Å². The van der Waals surface area contributed by atoms with Gasteiger partial charge in [-0.15, -0.1) is 0 Å². The summed E-state index contributed by atoms with van der Waals surface area (Å²) in [6, 6.07) is 20.8. The van der Waals surface area contributed by atoms with E-state index in [1.807, 2.05) is 19.1 Å². The number of esters is 1. The van der Waals surface area contributed by atoms with Crippen LogP contribution >= 0.6 is 0 Å². The van der Waals surface area contributed by atoms with Gasteiger partial charge in [0.25, 0.3) is 0 Å². The van der Waals surface area contributed by atoms with Crippen LogP contribution in [-0.4, -0.2) is 52.8 Å². The van der Waals surface area contributed by atoms with Crippen molar-refractivity contribution in [3.63, 3.8) is 0 Å². The van der Waals surface area contributed by atoms with Crippen LogP contribution in [0.4, 0.5) is 0 Å². The number of rotatable bonds is 6. The molecule has 2 aromatic rings. The molecule has 1 heterocycles. The maximum atomic E-state index is 10.4. The van der Waals surface area contributed by atoms with Gasteiger partial charge in [-0.2, -0.15) is 0 Å². The molecular formula is C21H27N2O2+. The number of hydrogen-bond donors (Lipinski definition) is 0. The summed E-state index contributed by atoms with van der Waals surface area (Å²) in [6.45, 7) is 6.77. The third-order valence-electron chi connectivity index (χ3n) is 4.63. The van der Waals surface area contributed by atoms with E-state index >= 15 is 0 Å². The van der Waals surface area contributed by atoms with Gasteiger partial charge in [-0.25, -0.2) is 0 Å². The molecule has 4 heteroatoms. The molecule has 0 spiro atoms. The Morgan fingerprint density at radius 3 is 2.16 bits per heavy atom. The molecule has 0 aromatic heterocycles. The number of benzene rings is 2. The van der Waals surface area contributed by atoms with Crippen molar-refractivity contribution in [1.29, 1.82) is 0 Å². The molecule has 1 aliphatic rings. The first-order chi connectivity index (χ1) is 12.3. The molecule has 4 nitrogen and oxygen atoms in total. The minimum absolute atomic E-state index is 0.0994. The molecule has 0 bridgehead atoms. The van der Waals surface area contributed by atoms with Crippen LogP contribution in [0.1, 0.15) is 18.1 Å². The molecule has 3 rings (SSSR count). The molecule has 25 heavy (non-hydrogen) atoms. The average Bonchev–Trinajstić information content (AvgIpc) is 2.65. The fourth-order valence-corrected chi connectivity index (χ4v) is 3.35. The van der Waals surface area contributed by atoms with Crippen molar-refractivity contribution in [1.82, 2.24) is 9.80 Å². The van der Waals surface area contributed by atoms with Crippen LogP contribution in [0.3, 0.4) is 0 Å². The Hall–Kier alpha value is -2.17. The molecule has 0 amide bonds. The lowest BCUT2D eigenvalue weighted by Crippen LogP contribution is -2.56. The first-order valence-electron chi connectivity index (χ1n) is 8.99. The number of piperazine rings is 1. The van der Waals surface area contributed by atoms with Gasteiger partial charge in [0.1, 0.15) is 0 Å². The molecular weight excluding hydrogens is 312 g/mol. The highest BCUT2D eigenvalue weighted by Gasteiger charge is 2.38. The zero-order valence-corrected chi connectivity index (χ0v) is 14.8. The maximum absolute atomic E-state index is 10.4. The summed E-state index contributed by atoms with van der Waals surface area (Å²) in [6.07, 6.45) is 0. The second kappa shape index (κ2) is 8.79. The molecule has 1 fully saturated rings. The Labute approximate surface area is 150 Å². The van der Waals surface area contributed by atoms with E-state index in [1.165, 1.54) is 11.1 Å². The molecule has 132 valence electrons. The van der Waals surface area contributed by atoms with Gasteiger partial charge in [0.05, 0.1) is 0 Å². The standard InChI is InChI=1S/C21H26N2O2/c1-2-25-21(24)20-17-22(15-18-9-5-3-6-10-18)13-14-23(20)16-19-11-7-4-8-12-19/h3-12,20H,2,13-17H2,1H3/p+1. The Bertz CT molecular complexity index is 660. The highest BCUT2D eigenvalue weighted by Crippen LogP contribution is 2.17. The number of nitrogens with zero attached hydrogens (tertiary/aromatic N) is 2. The SMILES string of the molecule is CCOC(=[OH+])C1CN(Cc2ccccc2)CCN1Cc1ccccc1. The van der Waals surface area contributed by atoms with E-state index in [4.69, 9.17) is 4.74 Å². The minimum Gasteiger partial charge on any atom is -0.338 e. The van der Waals surface area contributed by atoms with E-state index in [9.17, 15) is 4.79 Å². The Morgan fingerprint density at radius 2 is 1.56 bits per heavy atom. The molecule has 1 aliphatic heterocycles. The summed E-state index contributed by atoms with van der Waals surface area (Å²) < 4.78 is 5.45. The highest BCUT2D eigenvalue weighted by atomic mass is 16.5. The fourth-order valence-electron chi connectivity index (χ4n) is 3.35. The predicted octanol–water partition coefficient (Wildman–Crippen LogP) is 2.91. The Kier molecular flexibility index (Phi) is 6.20. The van der Waals surface area contributed by atoms with E-state index in [2.05, 4.69) is 58.3 Å². The van der Waals surface area contributed by atoms with E-state index in [0.717, 1.165) is 32.7 Å². The lowest BCUT2D eigenvalue weighted by Gasteiger charge is -2.38. The van der Waals surface area contributed by atoms with Crippen molar-refractivity contribution in [3.05, 3.63) is 71.8 Å². The summed E-state index contributed by atoms with van der Waals surface area (Å²) >= 11 is 0. The largest absolute Gasteiger partial charge is 0.502 e. The minimum atomic E-state index is -0.0994. The number of hydrogen-bond acceptors (Lipinski definition) is 3. The van der Waals surface area contributed by atoms with Crippen LogP contribution in [0.2, 0.25) is 0 Å². The van der Waals surface area contributed by atoms with Gasteiger partial charge in [-0.3, -0.25) is 9.80 Å². The molecule has 1 saturated heterocycles. The van der Waals surface area contributed by atoms with Crippen molar-refractivity contribution < 1.29 is 9.53 Å². The number of carbonyl (C=O) groups excluding carboxylic acids is 1.